The largest absolute Gasteiger partial charge is 0.356 e. The summed E-state index contributed by atoms with van der Waals surface area (Å²) >= 11 is 0. The van der Waals surface area contributed by atoms with Crippen LogP contribution in [0.1, 0.15) is 23.2 Å². The van der Waals surface area contributed by atoms with Crippen molar-refractivity contribution in [2.75, 3.05) is 23.3 Å². The van der Waals surface area contributed by atoms with Crippen LogP contribution in [0, 0.1) is 0 Å². The van der Waals surface area contributed by atoms with E-state index in [9.17, 15) is 4.79 Å². The molecule has 4 rings (SSSR count). The van der Waals surface area contributed by atoms with Crippen LogP contribution in [-0.2, 0) is 0 Å². The Morgan fingerprint density at radius 1 is 0.923 bits per heavy atom. The summed E-state index contributed by atoms with van der Waals surface area (Å²) in [6.45, 7) is 1.87. The van der Waals surface area contributed by atoms with Crippen LogP contribution in [0.25, 0.3) is 11.4 Å². The highest BCUT2D eigenvalue weighted by molar-refractivity contribution is 6.07. The lowest BCUT2D eigenvalue weighted by molar-refractivity contribution is 0.102. The number of aromatic nitrogens is 3. The van der Waals surface area contributed by atoms with Gasteiger partial charge in [0.05, 0.1) is 23.6 Å². The van der Waals surface area contributed by atoms with E-state index in [4.69, 9.17) is 0 Å². The van der Waals surface area contributed by atoms with Gasteiger partial charge in [0.25, 0.3) is 5.91 Å². The number of pyridine rings is 1. The summed E-state index contributed by atoms with van der Waals surface area (Å²) < 4.78 is 0. The molecule has 0 atom stereocenters. The number of nitrogens with zero attached hydrogens (tertiary/aromatic N) is 4. The molecule has 2 aromatic heterocycles. The third-order valence-corrected chi connectivity index (χ3v) is 4.38. The summed E-state index contributed by atoms with van der Waals surface area (Å²) in [6, 6.07) is 13.3. The number of carbonyl (C=O) groups is 1. The van der Waals surface area contributed by atoms with Gasteiger partial charge < -0.3 is 10.2 Å². The Morgan fingerprint density at radius 2 is 1.65 bits per heavy atom. The molecule has 0 spiro atoms. The van der Waals surface area contributed by atoms with Gasteiger partial charge in [-0.15, -0.1) is 0 Å². The first-order chi connectivity index (χ1) is 12.8. The molecule has 1 fully saturated rings. The number of amides is 1. The number of hydrogen-bond donors (Lipinski definition) is 1. The Kier molecular flexibility index (Phi) is 4.55. The van der Waals surface area contributed by atoms with Gasteiger partial charge in [-0.05, 0) is 25.0 Å². The molecule has 3 heterocycles. The predicted octanol–water partition coefficient (Wildman–Crippen LogP) is 3.39. The summed E-state index contributed by atoms with van der Waals surface area (Å²) in [5, 5.41) is 2.87. The van der Waals surface area contributed by atoms with Gasteiger partial charge in [0.2, 0.25) is 0 Å². The molecule has 26 heavy (non-hydrogen) atoms. The fourth-order valence-electron chi connectivity index (χ4n) is 3.08. The molecule has 6 heteroatoms. The van der Waals surface area contributed by atoms with E-state index >= 15 is 0 Å². The summed E-state index contributed by atoms with van der Waals surface area (Å²) in [6.07, 6.45) is 7.24. The Labute approximate surface area is 151 Å². The second-order valence-electron chi connectivity index (χ2n) is 6.18. The van der Waals surface area contributed by atoms with Crippen molar-refractivity contribution in [2.24, 2.45) is 0 Å². The van der Waals surface area contributed by atoms with Crippen molar-refractivity contribution in [1.29, 1.82) is 0 Å². The van der Waals surface area contributed by atoms with Crippen LogP contribution in [-0.4, -0.2) is 33.9 Å². The number of hydrogen-bond acceptors (Lipinski definition) is 5. The van der Waals surface area contributed by atoms with Crippen LogP contribution >= 0.6 is 0 Å². The lowest BCUT2D eigenvalue weighted by Gasteiger charge is -2.19. The van der Waals surface area contributed by atoms with E-state index in [-0.39, 0.29) is 5.91 Å². The maximum atomic E-state index is 12.7. The van der Waals surface area contributed by atoms with Crippen molar-refractivity contribution < 1.29 is 4.79 Å². The van der Waals surface area contributed by atoms with Gasteiger partial charge in [0, 0.05) is 24.8 Å². The minimum atomic E-state index is -0.198. The highest BCUT2D eigenvalue weighted by Gasteiger charge is 2.20. The molecule has 130 valence electrons. The fraction of sp³-hybridized carbons (Fsp3) is 0.200. The van der Waals surface area contributed by atoms with Crippen LogP contribution in [0.4, 0.5) is 11.5 Å². The third-order valence-electron chi connectivity index (χ3n) is 4.38. The van der Waals surface area contributed by atoms with Gasteiger partial charge in [0.1, 0.15) is 5.82 Å². The Bertz CT molecular complexity index is 890. The molecule has 0 aliphatic carbocycles. The quantitative estimate of drug-likeness (QED) is 0.785. The van der Waals surface area contributed by atoms with Crippen LogP contribution < -0.4 is 10.2 Å². The maximum Gasteiger partial charge on any atom is 0.259 e. The number of rotatable bonds is 4. The molecule has 1 aliphatic rings. The minimum Gasteiger partial charge on any atom is -0.356 e. The summed E-state index contributed by atoms with van der Waals surface area (Å²) in [5.41, 5.74) is 2.07. The van der Waals surface area contributed by atoms with Gasteiger partial charge in [-0.25, -0.2) is 15.0 Å². The molecule has 0 saturated carbocycles. The van der Waals surface area contributed by atoms with Gasteiger partial charge in [0.15, 0.2) is 5.82 Å². The normalized spacial score (nSPS) is 13.6. The van der Waals surface area contributed by atoms with Gasteiger partial charge in [-0.3, -0.25) is 4.79 Å². The van der Waals surface area contributed by atoms with Crippen molar-refractivity contribution in [1.82, 2.24) is 15.0 Å². The molecule has 0 unspecified atom stereocenters. The third kappa shape index (κ3) is 3.39. The second-order valence-corrected chi connectivity index (χ2v) is 6.18. The fourth-order valence-corrected chi connectivity index (χ4v) is 3.08. The number of nitrogens with one attached hydrogen (secondary N) is 1. The molecule has 0 bridgehead atoms. The average Bonchev–Trinajstić information content (AvgIpc) is 3.24. The molecule has 6 nitrogen and oxygen atoms in total. The topological polar surface area (TPSA) is 71.0 Å². The van der Waals surface area contributed by atoms with E-state index in [1.807, 2.05) is 30.3 Å². The lowest BCUT2D eigenvalue weighted by atomic mass is 10.2. The molecular formula is C20H19N5O. The van der Waals surface area contributed by atoms with E-state index in [0.29, 0.717) is 17.1 Å². The van der Waals surface area contributed by atoms with Crippen molar-refractivity contribution in [3.8, 4) is 11.4 Å². The van der Waals surface area contributed by atoms with Crippen molar-refractivity contribution in [2.45, 2.75) is 12.8 Å². The van der Waals surface area contributed by atoms with E-state index < -0.39 is 0 Å². The van der Waals surface area contributed by atoms with E-state index in [2.05, 4.69) is 25.2 Å². The highest BCUT2D eigenvalue weighted by Crippen LogP contribution is 2.23. The first-order valence-corrected chi connectivity index (χ1v) is 8.70. The van der Waals surface area contributed by atoms with Crippen LogP contribution in [0.3, 0.4) is 0 Å². The first kappa shape index (κ1) is 16.2. The maximum absolute atomic E-state index is 12.7. The molecular weight excluding hydrogens is 326 g/mol. The van der Waals surface area contributed by atoms with E-state index in [1.165, 1.54) is 0 Å². The highest BCUT2D eigenvalue weighted by atomic mass is 16.1. The van der Waals surface area contributed by atoms with Crippen LogP contribution in [0.15, 0.2) is 61.1 Å². The molecule has 1 aliphatic heterocycles. The molecule has 1 saturated heterocycles. The number of anilines is 2. The molecule has 1 amide bonds. The Hall–Kier alpha value is -3.28. The minimum absolute atomic E-state index is 0.198. The zero-order valence-corrected chi connectivity index (χ0v) is 14.3. The summed E-state index contributed by atoms with van der Waals surface area (Å²) in [7, 11) is 0. The van der Waals surface area contributed by atoms with E-state index in [1.54, 1.807) is 30.7 Å². The average molecular weight is 345 g/mol. The van der Waals surface area contributed by atoms with Gasteiger partial charge >= 0.3 is 0 Å². The van der Waals surface area contributed by atoms with Crippen LogP contribution in [0.2, 0.25) is 0 Å². The lowest BCUT2D eigenvalue weighted by Crippen LogP contribution is -2.24. The number of carbonyl (C=O) groups excluding carboxylic acids is 1. The zero-order chi connectivity index (χ0) is 17.8. The number of benzene rings is 1. The van der Waals surface area contributed by atoms with Crippen LogP contribution in [0.5, 0.6) is 0 Å². The molecule has 3 aromatic rings. The first-order valence-electron chi connectivity index (χ1n) is 8.70. The Morgan fingerprint density at radius 3 is 2.38 bits per heavy atom. The predicted molar refractivity (Wildman–Crippen MR) is 101 cm³/mol. The second kappa shape index (κ2) is 7.31. The molecule has 1 N–H and O–H groups in total. The SMILES string of the molecule is O=C(Nc1cnc(-c2ccccc2)nc1)c1cccnc1N1CCCC1. The van der Waals surface area contributed by atoms with Gasteiger partial charge in [-0.1, -0.05) is 30.3 Å². The smallest absolute Gasteiger partial charge is 0.259 e. The van der Waals surface area contributed by atoms with Crippen molar-refractivity contribution >= 4 is 17.4 Å². The molecule has 1 aromatic carbocycles. The zero-order valence-electron chi connectivity index (χ0n) is 14.3. The standard InChI is InChI=1S/C20H19N5O/c26-20(17-9-6-10-21-19(17)25-11-4-5-12-25)24-16-13-22-18(23-14-16)15-7-2-1-3-8-15/h1-3,6-10,13-14H,4-5,11-12H2,(H,24,26). The summed E-state index contributed by atoms with van der Waals surface area (Å²) in [5.74, 6) is 1.17. The van der Waals surface area contributed by atoms with Crippen molar-refractivity contribution in [3.63, 3.8) is 0 Å². The Balaban J connectivity index is 1.52. The summed E-state index contributed by atoms with van der Waals surface area (Å²) in [4.78, 5) is 28.0. The van der Waals surface area contributed by atoms with Crippen molar-refractivity contribution in [3.05, 3.63) is 66.6 Å². The van der Waals surface area contributed by atoms with Gasteiger partial charge in [-0.2, -0.15) is 0 Å². The molecule has 0 radical (unpaired) electrons. The van der Waals surface area contributed by atoms with E-state index in [0.717, 1.165) is 37.3 Å². The monoisotopic (exact) mass is 345 g/mol.